The number of alkyl halides is 3. The molecule has 0 fully saturated rings. The summed E-state index contributed by atoms with van der Waals surface area (Å²) in [5.74, 6) is 0.0140. The largest absolute Gasteiger partial charge is 0.417 e. The Balaban J connectivity index is 2.86. The second-order valence-corrected chi connectivity index (χ2v) is 3.81. The zero-order valence-corrected chi connectivity index (χ0v) is 9.28. The molecule has 1 aromatic heterocycles. The third-order valence-corrected chi connectivity index (χ3v) is 2.39. The molecule has 0 saturated carbocycles. The van der Waals surface area contributed by atoms with Crippen LogP contribution >= 0.6 is 0 Å². The standard InChI is InChI=1S/C10H13F3N2O3/c11-10(12,13)7-1-2-8(14-3-7)15-9(4-16,5-17)6-18/h1-3,16-18H,4-6H2,(H,14,15). The molecule has 1 aromatic rings. The molecule has 0 aliphatic rings. The molecule has 1 heterocycles. The number of halogens is 3. The third kappa shape index (κ3) is 3.31. The molecule has 0 aromatic carbocycles. The van der Waals surface area contributed by atoms with Crippen LogP contribution < -0.4 is 5.32 Å². The number of aliphatic hydroxyl groups excluding tert-OH is 3. The maximum absolute atomic E-state index is 12.3. The first-order valence-corrected chi connectivity index (χ1v) is 5.01. The van der Waals surface area contributed by atoms with Crippen molar-refractivity contribution in [2.24, 2.45) is 0 Å². The lowest BCUT2D eigenvalue weighted by atomic mass is 10.0. The fourth-order valence-electron chi connectivity index (χ4n) is 1.18. The van der Waals surface area contributed by atoms with Crippen molar-refractivity contribution in [3.63, 3.8) is 0 Å². The fourth-order valence-corrected chi connectivity index (χ4v) is 1.18. The van der Waals surface area contributed by atoms with Crippen molar-refractivity contribution in [2.45, 2.75) is 11.7 Å². The molecule has 0 unspecified atom stereocenters. The number of hydrogen-bond acceptors (Lipinski definition) is 5. The van der Waals surface area contributed by atoms with Gasteiger partial charge in [-0.3, -0.25) is 0 Å². The fraction of sp³-hybridized carbons (Fsp3) is 0.500. The molecule has 8 heteroatoms. The summed E-state index contributed by atoms with van der Waals surface area (Å²) in [6.45, 7) is -1.78. The number of anilines is 1. The van der Waals surface area contributed by atoms with Crippen molar-refractivity contribution in [3.8, 4) is 0 Å². The van der Waals surface area contributed by atoms with Crippen LogP contribution in [0, 0.1) is 0 Å². The molecule has 0 aliphatic heterocycles. The lowest BCUT2D eigenvalue weighted by Gasteiger charge is -2.29. The quantitative estimate of drug-likeness (QED) is 0.613. The molecule has 102 valence electrons. The Labute approximate surface area is 101 Å². The zero-order valence-electron chi connectivity index (χ0n) is 9.28. The third-order valence-electron chi connectivity index (χ3n) is 2.39. The van der Waals surface area contributed by atoms with Gasteiger partial charge in [-0.25, -0.2) is 4.98 Å². The van der Waals surface area contributed by atoms with Gasteiger partial charge in [-0.05, 0) is 12.1 Å². The van der Waals surface area contributed by atoms with Crippen molar-refractivity contribution in [3.05, 3.63) is 23.9 Å². The van der Waals surface area contributed by atoms with Gasteiger partial charge in [0.1, 0.15) is 11.4 Å². The molecule has 4 N–H and O–H groups in total. The van der Waals surface area contributed by atoms with Gasteiger partial charge in [0.2, 0.25) is 0 Å². The Hall–Kier alpha value is -1.38. The number of rotatable bonds is 5. The van der Waals surface area contributed by atoms with Crippen molar-refractivity contribution in [1.29, 1.82) is 0 Å². The smallest absolute Gasteiger partial charge is 0.394 e. The Morgan fingerprint density at radius 1 is 1.06 bits per heavy atom. The predicted molar refractivity (Wildman–Crippen MR) is 56.9 cm³/mol. The Morgan fingerprint density at radius 3 is 1.94 bits per heavy atom. The van der Waals surface area contributed by atoms with Crippen molar-refractivity contribution in [2.75, 3.05) is 25.1 Å². The van der Waals surface area contributed by atoms with E-state index in [4.69, 9.17) is 15.3 Å². The molecule has 0 aliphatic carbocycles. The van der Waals surface area contributed by atoms with Crippen LogP contribution in [0.3, 0.4) is 0 Å². The molecular formula is C10H13F3N2O3. The van der Waals surface area contributed by atoms with Crippen molar-refractivity contribution < 1.29 is 28.5 Å². The van der Waals surface area contributed by atoms with Crippen LogP contribution in [0.4, 0.5) is 19.0 Å². The number of aromatic nitrogens is 1. The summed E-state index contributed by atoms with van der Waals surface area (Å²) in [4.78, 5) is 3.51. The van der Waals surface area contributed by atoms with Gasteiger partial charge in [-0.2, -0.15) is 13.2 Å². The van der Waals surface area contributed by atoms with Crippen LogP contribution in [-0.4, -0.2) is 45.7 Å². The summed E-state index contributed by atoms with van der Waals surface area (Å²) in [6, 6.07) is 1.87. The molecule has 0 spiro atoms. The van der Waals surface area contributed by atoms with Gasteiger partial charge >= 0.3 is 6.18 Å². The van der Waals surface area contributed by atoms with E-state index in [1.165, 1.54) is 0 Å². The van der Waals surface area contributed by atoms with Crippen LogP contribution in [0.25, 0.3) is 0 Å². The number of nitrogens with zero attached hydrogens (tertiary/aromatic N) is 1. The molecule has 0 radical (unpaired) electrons. The average Bonchev–Trinajstić information content (AvgIpc) is 2.36. The summed E-state index contributed by atoms with van der Waals surface area (Å²) in [6.07, 6.45) is -3.85. The van der Waals surface area contributed by atoms with E-state index in [-0.39, 0.29) is 5.82 Å². The highest BCUT2D eigenvalue weighted by atomic mass is 19.4. The summed E-state index contributed by atoms with van der Waals surface area (Å²) in [7, 11) is 0. The number of pyridine rings is 1. The molecule has 1 rings (SSSR count). The van der Waals surface area contributed by atoms with E-state index in [1.807, 2.05) is 0 Å². The van der Waals surface area contributed by atoms with E-state index in [9.17, 15) is 13.2 Å². The minimum absolute atomic E-state index is 0.0140. The van der Waals surface area contributed by atoms with Crippen LogP contribution in [0.2, 0.25) is 0 Å². The molecule has 0 bridgehead atoms. The van der Waals surface area contributed by atoms with E-state index >= 15 is 0 Å². The molecule has 0 atom stereocenters. The molecule has 0 saturated heterocycles. The van der Waals surface area contributed by atoms with E-state index < -0.39 is 37.1 Å². The molecule has 0 amide bonds. The van der Waals surface area contributed by atoms with Crippen LogP contribution in [0.1, 0.15) is 5.56 Å². The predicted octanol–water partition coefficient (Wildman–Crippen LogP) is 0.228. The van der Waals surface area contributed by atoms with E-state index in [0.717, 1.165) is 12.1 Å². The average molecular weight is 266 g/mol. The lowest BCUT2D eigenvalue weighted by Crippen LogP contribution is -2.49. The highest BCUT2D eigenvalue weighted by Crippen LogP contribution is 2.29. The minimum Gasteiger partial charge on any atom is -0.394 e. The highest BCUT2D eigenvalue weighted by molar-refractivity contribution is 5.39. The van der Waals surface area contributed by atoms with Gasteiger partial charge in [0, 0.05) is 6.20 Å². The Bertz CT molecular complexity index is 369. The van der Waals surface area contributed by atoms with Crippen molar-refractivity contribution >= 4 is 5.82 Å². The van der Waals surface area contributed by atoms with E-state index in [0.29, 0.717) is 6.20 Å². The van der Waals surface area contributed by atoms with Crippen LogP contribution in [0.15, 0.2) is 18.3 Å². The molecule has 5 nitrogen and oxygen atoms in total. The number of nitrogens with one attached hydrogen (secondary N) is 1. The van der Waals surface area contributed by atoms with Crippen molar-refractivity contribution in [1.82, 2.24) is 4.98 Å². The summed E-state index contributed by atoms with van der Waals surface area (Å²) in [5.41, 5.74) is -2.33. The van der Waals surface area contributed by atoms with E-state index in [1.54, 1.807) is 0 Å². The SMILES string of the molecule is OCC(CO)(CO)Nc1ccc(C(F)(F)F)cn1. The van der Waals surface area contributed by atoms with Gasteiger partial charge in [0.05, 0.1) is 25.4 Å². The maximum atomic E-state index is 12.3. The van der Waals surface area contributed by atoms with E-state index in [2.05, 4.69) is 10.3 Å². The van der Waals surface area contributed by atoms with Crippen LogP contribution in [0.5, 0.6) is 0 Å². The first kappa shape index (κ1) is 14.7. The lowest BCUT2D eigenvalue weighted by molar-refractivity contribution is -0.137. The van der Waals surface area contributed by atoms with Gasteiger partial charge in [-0.1, -0.05) is 0 Å². The molecular weight excluding hydrogens is 253 g/mol. The normalized spacial score (nSPS) is 12.6. The number of aliphatic hydroxyl groups is 3. The van der Waals surface area contributed by atoms with Gasteiger partial charge in [0.15, 0.2) is 0 Å². The minimum atomic E-state index is -4.48. The summed E-state index contributed by atoms with van der Waals surface area (Å²) < 4.78 is 36.8. The van der Waals surface area contributed by atoms with Gasteiger partial charge < -0.3 is 20.6 Å². The summed E-state index contributed by atoms with van der Waals surface area (Å²) in [5, 5.41) is 29.6. The second-order valence-electron chi connectivity index (χ2n) is 3.81. The second kappa shape index (κ2) is 5.51. The summed E-state index contributed by atoms with van der Waals surface area (Å²) >= 11 is 0. The van der Waals surface area contributed by atoms with Gasteiger partial charge in [0.25, 0.3) is 0 Å². The Kier molecular flexibility index (Phi) is 4.49. The first-order chi connectivity index (χ1) is 8.37. The van der Waals surface area contributed by atoms with Gasteiger partial charge in [-0.15, -0.1) is 0 Å². The van der Waals surface area contributed by atoms with Crippen LogP contribution in [-0.2, 0) is 6.18 Å². The highest BCUT2D eigenvalue weighted by Gasteiger charge is 2.32. The first-order valence-electron chi connectivity index (χ1n) is 5.01. The Morgan fingerprint density at radius 2 is 1.61 bits per heavy atom. The molecule has 18 heavy (non-hydrogen) atoms. The topological polar surface area (TPSA) is 85.6 Å². The number of hydrogen-bond donors (Lipinski definition) is 4. The zero-order chi connectivity index (χ0) is 13.8. The monoisotopic (exact) mass is 266 g/mol. The maximum Gasteiger partial charge on any atom is 0.417 e.